The number of nitrogens with one attached hydrogen (secondary N) is 1. The van der Waals surface area contributed by atoms with E-state index in [2.05, 4.69) is 5.32 Å². The lowest BCUT2D eigenvalue weighted by atomic mass is 10.1. The van der Waals surface area contributed by atoms with Gasteiger partial charge in [-0.05, 0) is 31.0 Å². The van der Waals surface area contributed by atoms with Crippen LogP contribution in [-0.4, -0.2) is 32.5 Å². The number of fused-ring (bicyclic) bond motifs is 1. The summed E-state index contributed by atoms with van der Waals surface area (Å²) in [6.07, 6.45) is 1.13. The highest BCUT2D eigenvalue weighted by Crippen LogP contribution is 2.32. The summed E-state index contributed by atoms with van der Waals surface area (Å²) in [5.41, 5.74) is 1.07. The normalized spacial score (nSPS) is 14.2. The summed E-state index contributed by atoms with van der Waals surface area (Å²) >= 11 is 0. The zero-order valence-electron chi connectivity index (χ0n) is 11.3. The molecule has 5 heteroatoms. The molecule has 0 bridgehead atoms. The minimum atomic E-state index is 0.0298. The van der Waals surface area contributed by atoms with Crippen LogP contribution in [0, 0.1) is 0 Å². The van der Waals surface area contributed by atoms with Gasteiger partial charge in [-0.3, -0.25) is 4.79 Å². The Kier molecular flexibility index (Phi) is 4.63. The molecule has 1 N–H and O–H groups in total. The topological polar surface area (TPSA) is 56.8 Å². The molecule has 1 aliphatic heterocycles. The molecular formula is C14H19NO4. The SMILES string of the molecule is COCC(C)NC(=O)CCc1ccc2c(c1)OCO2. The summed E-state index contributed by atoms with van der Waals surface area (Å²) in [5, 5.41) is 2.88. The lowest BCUT2D eigenvalue weighted by Gasteiger charge is -2.12. The zero-order valence-corrected chi connectivity index (χ0v) is 11.3. The minimum Gasteiger partial charge on any atom is -0.454 e. The molecule has 1 aliphatic rings. The monoisotopic (exact) mass is 265 g/mol. The van der Waals surface area contributed by atoms with E-state index >= 15 is 0 Å². The Morgan fingerprint density at radius 2 is 2.21 bits per heavy atom. The van der Waals surface area contributed by atoms with Gasteiger partial charge in [0.2, 0.25) is 12.7 Å². The molecule has 1 atom stereocenters. The van der Waals surface area contributed by atoms with Crippen molar-refractivity contribution in [3.8, 4) is 11.5 Å². The molecule has 0 aromatic heterocycles. The lowest BCUT2D eigenvalue weighted by molar-refractivity contribution is -0.122. The number of hydrogen-bond donors (Lipinski definition) is 1. The van der Waals surface area contributed by atoms with Crippen molar-refractivity contribution in [3.05, 3.63) is 23.8 Å². The van der Waals surface area contributed by atoms with Gasteiger partial charge in [0.25, 0.3) is 0 Å². The Morgan fingerprint density at radius 3 is 3.00 bits per heavy atom. The Balaban J connectivity index is 1.80. The van der Waals surface area contributed by atoms with Crippen molar-refractivity contribution in [2.24, 2.45) is 0 Å². The molecule has 2 rings (SSSR count). The van der Waals surface area contributed by atoms with Gasteiger partial charge in [-0.2, -0.15) is 0 Å². The maximum atomic E-state index is 11.7. The first kappa shape index (κ1) is 13.7. The van der Waals surface area contributed by atoms with Crippen LogP contribution in [-0.2, 0) is 16.0 Å². The molecule has 19 heavy (non-hydrogen) atoms. The zero-order chi connectivity index (χ0) is 13.7. The number of carbonyl (C=O) groups is 1. The molecule has 0 radical (unpaired) electrons. The van der Waals surface area contributed by atoms with Gasteiger partial charge in [-0.1, -0.05) is 6.07 Å². The van der Waals surface area contributed by atoms with E-state index in [1.165, 1.54) is 0 Å². The molecule has 0 spiro atoms. The largest absolute Gasteiger partial charge is 0.454 e. The number of benzene rings is 1. The van der Waals surface area contributed by atoms with E-state index in [1.54, 1.807) is 7.11 Å². The summed E-state index contributed by atoms with van der Waals surface area (Å²) in [6.45, 7) is 2.71. The highest BCUT2D eigenvalue weighted by molar-refractivity contribution is 5.76. The number of ether oxygens (including phenoxy) is 3. The third-order valence-corrected chi connectivity index (χ3v) is 2.90. The number of aryl methyl sites for hydroxylation is 1. The fourth-order valence-electron chi connectivity index (χ4n) is 1.99. The van der Waals surface area contributed by atoms with E-state index in [4.69, 9.17) is 14.2 Å². The maximum absolute atomic E-state index is 11.7. The van der Waals surface area contributed by atoms with Crippen molar-refractivity contribution in [1.29, 1.82) is 0 Å². The molecule has 1 aromatic carbocycles. The predicted molar refractivity (Wildman–Crippen MR) is 70.4 cm³/mol. The molecule has 1 aromatic rings. The van der Waals surface area contributed by atoms with Crippen LogP contribution >= 0.6 is 0 Å². The Hall–Kier alpha value is -1.75. The Labute approximate surface area is 112 Å². The second-order valence-electron chi connectivity index (χ2n) is 4.61. The second-order valence-corrected chi connectivity index (χ2v) is 4.61. The summed E-state index contributed by atoms with van der Waals surface area (Å²) in [5.74, 6) is 1.55. The van der Waals surface area contributed by atoms with E-state index in [0.29, 0.717) is 19.4 Å². The van der Waals surface area contributed by atoms with E-state index in [0.717, 1.165) is 17.1 Å². The molecule has 5 nitrogen and oxygen atoms in total. The Bertz CT molecular complexity index is 447. The molecule has 1 amide bonds. The number of methoxy groups -OCH3 is 1. The maximum Gasteiger partial charge on any atom is 0.231 e. The van der Waals surface area contributed by atoms with Crippen LogP contribution in [0.3, 0.4) is 0 Å². The minimum absolute atomic E-state index is 0.0298. The van der Waals surface area contributed by atoms with E-state index in [-0.39, 0.29) is 18.7 Å². The number of hydrogen-bond acceptors (Lipinski definition) is 4. The average Bonchev–Trinajstić information content (AvgIpc) is 2.83. The Morgan fingerprint density at radius 1 is 1.42 bits per heavy atom. The van der Waals surface area contributed by atoms with Gasteiger partial charge >= 0.3 is 0 Å². The first-order valence-electron chi connectivity index (χ1n) is 6.36. The van der Waals surface area contributed by atoms with Crippen LogP contribution in [0.25, 0.3) is 0 Å². The summed E-state index contributed by atoms with van der Waals surface area (Å²) < 4.78 is 15.5. The van der Waals surface area contributed by atoms with Crippen molar-refractivity contribution in [2.75, 3.05) is 20.5 Å². The van der Waals surface area contributed by atoms with Crippen LogP contribution in [0.5, 0.6) is 11.5 Å². The van der Waals surface area contributed by atoms with Crippen molar-refractivity contribution < 1.29 is 19.0 Å². The number of carbonyl (C=O) groups excluding carboxylic acids is 1. The van der Waals surface area contributed by atoms with Crippen LogP contribution in [0.1, 0.15) is 18.9 Å². The van der Waals surface area contributed by atoms with E-state index < -0.39 is 0 Å². The van der Waals surface area contributed by atoms with Gasteiger partial charge < -0.3 is 19.5 Å². The van der Waals surface area contributed by atoms with Crippen molar-refractivity contribution in [1.82, 2.24) is 5.32 Å². The highest BCUT2D eigenvalue weighted by Gasteiger charge is 2.14. The highest BCUT2D eigenvalue weighted by atomic mass is 16.7. The van der Waals surface area contributed by atoms with Crippen LogP contribution in [0.4, 0.5) is 0 Å². The lowest BCUT2D eigenvalue weighted by Crippen LogP contribution is -2.35. The summed E-state index contributed by atoms with van der Waals surface area (Å²) in [4.78, 5) is 11.7. The van der Waals surface area contributed by atoms with Gasteiger partial charge in [-0.25, -0.2) is 0 Å². The molecule has 0 fully saturated rings. The van der Waals surface area contributed by atoms with Gasteiger partial charge in [0.15, 0.2) is 11.5 Å². The fourth-order valence-corrected chi connectivity index (χ4v) is 1.99. The van der Waals surface area contributed by atoms with E-state index in [1.807, 2.05) is 25.1 Å². The number of rotatable bonds is 6. The van der Waals surface area contributed by atoms with E-state index in [9.17, 15) is 4.79 Å². The van der Waals surface area contributed by atoms with Crippen LogP contribution in [0.15, 0.2) is 18.2 Å². The fraction of sp³-hybridized carbons (Fsp3) is 0.500. The van der Waals surface area contributed by atoms with Crippen LogP contribution in [0.2, 0.25) is 0 Å². The average molecular weight is 265 g/mol. The standard InChI is InChI=1S/C14H19NO4/c1-10(8-17-2)15-14(16)6-4-11-3-5-12-13(7-11)19-9-18-12/h3,5,7,10H,4,6,8-9H2,1-2H3,(H,15,16). The molecule has 1 unspecified atom stereocenters. The van der Waals surface area contributed by atoms with Crippen LogP contribution < -0.4 is 14.8 Å². The first-order chi connectivity index (χ1) is 9.19. The molecule has 0 aliphatic carbocycles. The second kappa shape index (κ2) is 6.43. The van der Waals surface area contributed by atoms with Gasteiger partial charge in [-0.15, -0.1) is 0 Å². The molecule has 0 saturated heterocycles. The molecular weight excluding hydrogens is 246 g/mol. The molecule has 1 heterocycles. The third kappa shape index (κ3) is 3.86. The quantitative estimate of drug-likeness (QED) is 0.847. The number of amides is 1. The summed E-state index contributed by atoms with van der Waals surface area (Å²) in [6, 6.07) is 5.80. The molecule has 0 saturated carbocycles. The van der Waals surface area contributed by atoms with Gasteiger partial charge in [0.05, 0.1) is 6.61 Å². The van der Waals surface area contributed by atoms with Crippen molar-refractivity contribution in [2.45, 2.75) is 25.8 Å². The molecule has 104 valence electrons. The summed E-state index contributed by atoms with van der Waals surface area (Å²) in [7, 11) is 1.62. The predicted octanol–water partition coefficient (Wildman–Crippen LogP) is 1.50. The van der Waals surface area contributed by atoms with Crippen molar-refractivity contribution >= 4 is 5.91 Å². The first-order valence-corrected chi connectivity index (χ1v) is 6.36. The smallest absolute Gasteiger partial charge is 0.231 e. The van der Waals surface area contributed by atoms with Gasteiger partial charge in [0, 0.05) is 19.6 Å². The van der Waals surface area contributed by atoms with Gasteiger partial charge in [0.1, 0.15) is 0 Å². The van der Waals surface area contributed by atoms with Crippen molar-refractivity contribution in [3.63, 3.8) is 0 Å². The third-order valence-electron chi connectivity index (χ3n) is 2.90.